The highest BCUT2D eigenvalue weighted by Gasteiger charge is 2.13. The lowest BCUT2D eigenvalue weighted by atomic mass is 10.3. The van der Waals surface area contributed by atoms with Gasteiger partial charge in [-0.15, -0.1) is 25.5 Å². The number of carboxylic acid groups (broad SMARTS) is 1. The zero-order chi connectivity index (χ0) is 53.8. The fourth-order valence-corrected chi connectivity index (χ4v) is 0.450. The number of carbonyl (C=O) groups excluding carboxylic acids is 2. The third kappa shape index (κ3) is 1600. The molecule has 0 radical (unpaired) electrons. The van der Waals surface area contributed by atoms with Gasteiger partial charge >= 0.3 is 0 Å². The van der Waals surface area contributed by atoms with Crippen molar-refractivity contribution in [1.29, 1.82) is 0 Å². The topological polar surface area (TPSA) is 231 Å². The highest BCUT2D eigenvalue weighted by atomic mass is 32.2. The number of aldehydes is 1. The Morgan fingerprint density at radius 1 is 0.935 bits per heavy atom. The Morgan fingerprint density at radius 3 is 1.08 bits per heavy atom. The number of allylic oxidation sites excluding steroid dienone is 10. The Labute approximate surface area is 395 Å². The molecule has 374 valence electrons. The molecule has 0 aromatic carbocycles. The highest BCUT2D eigenvalue weighted by molar-refractivity contribution is 7.85. The normalized spacial score (nSPS) is 10.9. The van der Waals surface area contributed by atoms with E-state index < -0.39 is 16.1 Å². The van der Waals surface area contributed by atoms with Crippen molar-refractivity contribution >= 4 is 58.5 Å². The lowest BCUT2D eigenvalue weighted by molar-refractivity contribution is -0.134. The second-order valence-corrected chi connectivity index (χ2v) is 11.8. The van der Waals surface area contributed by atoms with Crippen LogP contribution in [0, 0.1) is 12.3 Å². The number of epoxide rings is 1. The van der Waals surface area contributed by atoms with Crippen molar-refractivity contribution in [3.63, 3.8) is 0 Å². The maximum absolute atomic E-state index is 9.19. The summed E-state index contributed by atoms with van der Waals surface area (Å²) in [6, 6.07) is 0.833. The van der Waals surface area contributed by atoms with Crippen LogP contribution in [0.5, 0.6) is 0 Å². The van der Waals surface area contributed by atoms with E-state index >= 15 is 0 Å². The zero-order valence-electron chi connectivity index (χ0n) is 43.5. The number of aliphatic hydroxyl groups excluding tert-OH is 1. The SMILES string of the molecule is C#CC.C=C(C)C.C=CC.CC(=O)O.CC1CN1.CC1CO1.CC=C(C)C.CC=CC.CC=CC.CC=CCC.CC=O.CN.CN=C=O.CN=C=S.CO.CS.CS(=O)(=O)O. The summed E-state index contributed by atoms with van der Waals surface area (Å²) in [6.45, 7) is 41.7. The van der Waals surface area contributed by atoms with Gasteiger partial charge in [-0.2, -0.15) is 21.0 Å². The third-order valence-electron chi connectivity index (χ3n) is 3.01. The quantitative estimate of drug-likeness (QED) is 0.0166. The van der Waals surface area contributed by atoms with Gasteiger partial charge in [-0.25, -0.2) is 14.8 Å². The van der Waals surface area contributed by atoms with E-state index in [9.17, 15) is 8.42 Å². The summed E-state index contributed by atoms with van der Waals surface area (Å²) in [5, 5.41) is 19.7. The van der Waals surface area contributed by atoms with Crippen LogP contribution < -0.4 is 11.1 Å². The molecule has 0 bridgehead atoms. The number of hydrogen-bond donors (Lipinski definition) is 6. The highest BCUT2D eigenvalue weighted by Crippen LogP contribution is 2.04. The van der Waals surface area contributed by atoms with Crippen LogP contribution in [0.15, 0.2) is 82.9 Å². The van der Waals surface area contributed by atoms with Crippen LogP contribution in [0.2, 0.25) is 0 Å². The van der Waals surface area contributed by atoms with E-state index in [4.69, 9.17) is 33.9 Å². The molecular weight excluding hydrogens is 849 g/mol. The molecule has 0 saturated carbocycles. The first-order chi connectivity index (χ1) is 28.8. The lowest BCUT2D eigenvalue weighted by Gasteiger charge is -1.74. The van der Waals surface area contributed by atoms with E-state index in [0.717, 1.165) is 39.4 Å². The lowest BCUT2D eigenvalue weighted by Crippen LogP contribution is -1.88. The molecule has 6 N–H and O–H groups in total. The number of isocyanates is 1. The monoisotopic (exact) mass is 947 g/mol. The first kappa shape index (κ1) is 102. The predicted octanol–water partition coefficient (Wildman–Crippen LogP) is 11.1. The number of terminal acetylenes is 1. The Hall–Kier alpha value is -3.58. The van der Waals surface area contributed by atoms with Gasteiger partial charge in [0.25, 0.3) is 16.1 Å². The molecule has 2 aliphatic heterocycles. The van der Waals surface area contributed by atoms with Crippen LogP contribution in [-0.4, -0.2) is 113 Å². The summed E-state index contributed by atoms with van der Waals surface area (Å²) in [4.78, 5) is 32.9. The number of thiol groups is 1. The molecule has 2 aliphatic rings. The molecule has 2 unspecified atom stereocenters. The average molecular weight is 948 g/mol. The van der Waals surface area contributed by atoms with E-state index in [1.54, 1.807) is 26.3 Å². The summed E-state index contributed by atoms with van der Waals surface area (Å²) in [7, 11) is 1.81. The summed E-state index contributed by atoms with van der Waals surface area (Å²) >= 11 is 7.66. The van der Waals surface area contributed by atoms with Gasteiger partial charge in [-0.3, -0.25) is 9.35 Å². The summed E-state index contributed by atoms with van der Waals surface area (Å²) in [5.41, 5.74) is 7.05. The first-order valence-electron chi connectivity index (χ1n) is 19.0. The minimum Gasteiger partial charge on any atom is -0.481 e. The standard InChI is InChI=1S/2C5H10.3C4H8.C3H7N.C3H6O.C3H6.C3H4.C2H3NO.C2H3NS.C2H4O2.C2H4O.CH5N.CH4O3S.CH4O.CH4S/c1-4-5(2)3;1-3-5-4-2;1-4(2)3;2*1-3-4-2;2*1-3-2-4-3;2*1-3-2;2*1-3-2-4;1-2(3)4;1-2-3;1-2;1-5(2,3)4;2*1-2/h4H,1-3H3;3,5H,4H2,1-2H3;1H2,2-3H3;2*3-4H,1-2H3;3-4H,2H2,1H3;3H,2H2,1H3;3H,1H2,2H3;1H,2H3;2*1H3;1H3,(H,3,4);2H,1H3;2H2,1H3;1H3,(H,2,3,4);2*2H,1H3. The molecule has 0 aromatic heterocycles. The van der Waals surface area contributed by atoms with Crippen LogP contribution in [-0.2, 0) is 29.2 Å². The van der Waals surface area contributed by atoms with E-state index in [0.29, 0.717) is 12.4 Å². The molecular formula is C46H98N4O9S3. The average Bonchev–Trinajstić information content (AvgIpc) is 4.18. The van der Waals surface area contributed by atoms with E-state index in [2.05, 4.69) is 129 Å². The molecule has 0 spiro atoms. The number of nitrogens with two attached hydrogens (primary N) is 1. The maximum Gasteiger partial charge on any atom is 0.300 e. The van der Waals surface area contributed by atoms with Crippen molar-refractivity contribution in [3.05, 3.63) is 72.9 Å². The van der Waals surface area contributed by atoms with Crippen molar-refractivity contribution in [2.45, 2.75) is 136 Å². The zero-order valence-corrected chi connectivity index (χ0v) is 46.0. The second kappa shape index (κ2) is 138. The van der Waals surface area contributed by atoms with Crippen LogP contribution in [0.4, 0.5) is 0 Å². The Kier molecular flexibility index (Phi) is 227. The number of ether oxygens (including phenoxy) is 1. The van der Waals surface area contributed by atoms with Crippen LogP contribution in [0.25, 0.3) is 0 Å². The van der Waals surface area contributed by atoms with Gasteiger partial charge in [0.05, 0.1) is 24.1 Å². The molecule has 2 heterocycles. The largest absolute Gasteiger partial charge is 0.481 e. The van der Waals surface area contributed by atoms with E-state index in [1.807, 2.05) is 86.6 Å². The van der Waals surface area contributed by atoms with Gasteiger partial charge < -0.3 is 30.8 Å². The molecule has 0 aromatic rings. The van der Waals surface area contributed by atoms with Gasteiger partial charge in [0.15, 0.2) is 0 Å². The van der Waals surface area contributed by atoms with Crippen LogP contribution in [0.3, 0.4) is 0 Å². The Morgan fingerprint density at radius 2 is 1.08 bits per heavy atom. The molecule has 2 saturated heterocycles. The third-order valence-corrected chi connectivity index (χ3v) is 3.19. The molecule has 0 amide bonds. The molecule has 0 aliphatic carbocycles. The molecule has 13 nitrogen and oxygen atoms in total. The minimum atomic E-state index is -3.67. The van der Waals surface area contributed by atoms with E-state index in [1.165, 1.54) is 44.8 Å². The Balaban J connectivity index is -0.0000000293. The number of carbonyl (C=O) groups is 2. The number of isothiocyanates is 1. The van der Waals surface area contributed by atoms with Crippen molar-refractivity contribution in [2.75, 3.05) is 53.9 Å². The summed E-state index contributed by atoms with van der Waals surface area (Å²) in [5.74, 6) is 1.42. The number of nitrogens with zero attached hydrogens (tertiary/aromatic N) is 2. The van der Waals surface area contributed by atoms with Gasteiger partial charge in [0.1, 0.15) is 6.29 Å². The first-order valence-corrected chi connectivity index (χ1v) is 22.2. The molecule has 2 fully saturated rings. The predicted molar refractivity (Wildman–Crippen MR) is 286 cm³/mol. The number of thiocarbonyl (C=S) groups is 1. The number of rotatable bonds is 1. The minimum absolute atomic E-state index is 0.583. The van der Waals surface area contributed by atoms with Crippen molar-refractivity contribution in [1.82, 2.24) is 5.32 Å². The second-order valence-electron chi connectivity index (χ2n) is 10.2. The number of hydrogen-bond acceptors (Lipinski definition) is 13. The fraction of sp³-hybridized carbons (Fsp3) is 0.609. The smallest absolute Gasteiger partial charge is 0.300 e. The summed E-state index contributed by atoms with van der Waals surface area (Å²) in [6.07, 6.45) is 26.8. The number of aliphatic carboxylic acids is 1. The van der Waals surface area contributed by atoms with E-state index in [-0.39, 0.29) is 0 Å². The van der Waals surface area contributed by atoms with Gasteiger partial charge in [-0.1, -0.05) is 66.7 Å². The van der Waals surface area contributed by atoms with Gasteiger partial charge in [0, 0.05) is 40.7 Å². The number of aliphatic imine (C=N–C) groups is 2. The molecule has 62 heavy (non-hydrogen) atoms. The molecule has 16 heteroatoms. The summed E-state index contributed by atoms with van der Waals surface area (Å²) < 4.78 is 30.6. The molecule has 2 atom stereocenters. The number of nitrogens with one attached hydrogen (secondary N) is 1. The molecule has 2 rings (SSSR count). The van der Waals surface area contributed by atoms with Crippen molar-refractivity contribution in [2.24, 2.45) is 15.7 Å². The Bertz CT molecular complexity index is 1050. The number of aliphatic hydroxyl groups is 1. The van der Waals surface area contributed by atoms with Gasteiger partial charge in [0.2, 0.25) is 6.08 Å². The van der Waals surface area contributed by atoms with Crippen molar-refractivity contribution in [3.8, 4) is 12.3 Å². The van der Waals surface area contributed by atoms with Gasteiger partial charge in [-0.05, 0) is 136 Å². The number of carboxylic acids is 1. The maximum atomic E-state index is 9.19. The fourth-order valence-electron chi connectivity index (χ4n) is 0.450. The van der Waals surface area contributed by atoms with Crippen LogP contribution in [0.1, 0.15) is 124 Å². The van der Waals surface area contributed by atoms with Crippen LogP contribution >= 0.6 is 24.8 Å². The van der Waals surface area contributed by atoms with Crippen molar-refractivity contribution < 1.29 is 42.3 Å².